The number of nitrogens with one attached hydrogen (secondary N) is 2. The van der Waals surface area contributed by atoms with E-state index in [1.807, 2.05) is 0 Å². The molecule has 0 radical (unpaired) electrons. The molecule has 2 aliphatic rings. The van der Waals surface area contributed by atoms with E-state index in [-0.39, 0.29) is 28.8 Å². The highest BCUT2D eigenvalue weighted by atomic mass is 32.2. The van der Waals surface area contributed by atoms with Gasteiger partial charge in [0.2, 0.25) is 12.7 Å². The Balaban J connectivity index is 1.74. The Morgan fingerprint density at radius 3 is 2.62 bits per heavy atom. The highest BCUT2D eigenvalue weighted by Gasteiger charge is 2.55. The molecule has 3 rings (SSSR count). The fraction of sp³-hybridized carbons (Fsp3) is 0.500. The molecule has 2 N–H and O–H groups in total. The zero-order valence-corrected chi connectivity index (χ0v) is 23.3. The molecule has 212 valence electrons. The molecule has 0 aromatic carbocycles. The van der Waals surface area contributed by atoms with Crippen molar-refractivity contribution in [2.45, 2.75) is 44.6 Å². The first-order chi connectivity index (χ1) is 18.6. The Morgan fingerprint density at radius 2 is 1.97 bits per heavy atom. The fourth-order valence-electron chi connectivity index (χ4n) is 3.55. The van der Waals surface area contributed by atoms with Crippen molar-refractivity contribution in [3.05, 3.63) is 22.3 Å². The SMILES string of the molecule is COCC1=C(C(=O)OC(C)OC(=O)OC(C)C)N2C(=O)C(NC(=O)/C(=N\OC)c3csc(NC=O)n3)[C@@H]2SC1. The van der Waals surface area contributed by atoms with E-state index in [4.69, 9.17) is 23.8 Å². The van der Waals surface area contributed by atoms with Gasteiger partial charge in [0.25, 0.3) is 11.8 Å². The number of fused-ring (bicyclic) bond motifs is 1. The molecule has 15 nitrogen and oxygen atoms in total. The summed E-state index contributed by atoms with van der Waals surface area (Å²) in [6, 6.07) is -1.00. The molecular formula is C22H27N5O10S2. The predicted octanol–water partition coefficient (Wildman–Crippen LogP) is 0.813. The molecular weight excluding hydrogens is 558 g/mol. The summed E-state index contributed by atoms with van der Waals surface area (Å²) in [5.74, 6) is -1.93. The molecule has 1 saturated heterocycles. The Labute approximate surface area is 231 Å². The normalized spacial score (nSPS) is 19.5. The zero-order chi connectivity index (χ0) is 28.7. The average molecular weight is 586 g/mol. The van der Waals surface area contributed by atoms with E-state index in [9.17, 15) is 24.0 Å². The van der Waals surface area contributed by atoms with Crippen LogP contribution in [0.1, 0.15) is 26.5 Å². The molecule has 1 aromatic heterocycles. The van der Waals surface area contributed by atoms with Crippen LogP contribution >= 0.6 is 23.1 Å². The maximum absolute atomic E-state index is 13.2. The number of hydrogen-bond donors (Lipinski definition) is 2. The van der Waals surface area contributed by atoms with Gasteiger partial charge in [-0.05, 0) is 19.4 Å². The second-order valence-electron chi connectivity index (χ2n) is 8.18. The van der Waals surface area contributed by atoms with Gasteiger partial charge in [0.05, 0.1) is 12.7 Å². The van der Waals surface area contributed by atoms with Crippen LogP contribution < -0.4 is 10.6 Å². The van der Waals surface area contributed by atoms with Gasteiger partial charge in [-0.3, -0.25) is 19.3 Å². The first-order valence-corrected chi connectivity index (χ1v) is 13.4. The summed E-state index contributed by atoms with van der Waals surface area (Å²) in [7, 11) is 2.68. The highest BCUT2D eigenvalue weighted by Crippen LogP contribution is 2.41. The number of amides is 3. The Hall–Kier alpha value is -3.70. The maximum atomic E-state index is 13.2. The molecule has 2 unspecified atom stereocenters. The van der Waals surface area contributed by atoms with E-state index in [0.29, 0.717) is 17.7 Å². The quantitative estimate of drug-likeness (QED) is 0.0880. The summed E-state index contributed by atoms with van der Waals surface area (Å²) < 4.78 is 20.2. The Bertz CT molecular complexity index is 1180. The van der Waals surface area contributed by atoms with Gasteiger partial charge in [0.1, 0.15) is 29.9 Å². The molecule has 17 heteroatoms. The van der Waals surface area contributed by atoms with Crippen LogP contribution in [0.5, 0.6) is 0 Å². The third-order valence-corrected chi connectivity index (χ3v) is 7.15. The van der Waals surface area contributed by atoms with Crippen molar-refractivity contribution in [1.82, 2.24) is 15.2 Å². The number of hydrogen-bond acceptors (Lipinski definition) is 14. The first-order valence-electron chi connectivity index (χ1n) is 11.4. The summed E-state index contributed by atoms with van der Waals surface area (Å²) in [6.45, 7) is 4.64. The molecule has 0 spiro atoms. The number of rotatable bonds is 12. The van der Waals surface area contributed by atoms with Gasteiger partial charge in [-0.25, -0.2) is 14.6 Å². The van der Waals surface area contributed by atoms with Gasteiger partial charge in [-0.2, -0.15) is 0 Å². The van der Waals surface area contributed by atoms with E-state index in [1.165, 1.54) is 43.2 Å². The zero-order valence-electron chi connectivity index (χ0n) is 21.6. The van der Waals surface area contributed by atoms with Gasteiger partial charge in [0.15, 0.2) is 10.8 Å². The maximum Gasteiger partial charge on any atom is 0.511 e. The van der Waals surface area contributed by atoms with Crippen LogP contribution in [0.25, 0.3) is 0 Å². The van der Waals surface area contributed by atoms with E-state index in [2.05, 4.69) is 20.8 Å². The molecule has 3 heterocycles. The summed E-state index contributed by atoms with van der Waals surface area (Å²) in [4.78, 5) is 71.7. The van der Waals surface area contributed by atoms with Gasteiger partial charge in [-0.1, -0.05) is 5.16 Å². The van der Waals surface area contributed by atoms with Gasteiger partial charge >= 0.3 is 12.1 Å². The van der Waals surface area contributed by atoms with E-state index >= 15 is 0 Å². The third kappa shape index (κ3) is 7.04. The van der Waals surface area contributed by atoms with Crippen molar-refractivity contribution >= 4 is 64.3 Å². The number of thioether (sulfide) groups is 1. The highest BCUT2D eigenvalue weighted by molar-refractivity contribution is 8.00. The van der Waals surface area contributed by atoms with Crippen molar-refractivity contribution in [3.8, 4) is 0 Å². The minimum Gasteiger partial charge on any atom is -0.431 e. The van der Waals surface area contributed by atoms with Gasteiger partial charge < -0.3 is 34.4 Å². The lowest BCUT2D eigenvalue weighted by Gasteiger charge is -2.49. The number of thiazole rings is 1. The molecule has 3 amide bonds. The molecule has 0 bridgehead atoms. The molecule has 1 aromatic rings. The molecule has 1 fully saturated rings. The minimum absolute atomic E-state index is 0.0429. The largest absolute Gasteiger partial charge is 0.511 e. The number of anilines is 1. The molecule has 39 heavy (non-hydrogen) atoms. The Kier molecular flexibility index (Phi) is 10.2. The smallest absolute Gasteiger partial charge is 0.431 e. The number of methoxy groups -OCH3 is 1. The molecule has 3 atom stereocenters. The number of oxime groups is 1. The fourth-order valence-corrected chi connectivity index (χ4v) is 5.53. The summed E-state index contributed by atoms with van der Waals surface area (Å²) in [6.07, 6.45) is -2.31. The average Bonchev–Trinajstić information content (AvgIpc) is 3.33. The number of carbonyl (C=O) groups excluding carboxylic acids is 5. The number of nitrogens with zero attached hydrogens (tertiary/aromatic N) is 3. The van der Waals surface area contributed by atoms with Crippen LogP contribution in [0.3, 0.4) is 0 Å². The van der Waals surface area contributed by atoms with E-state index in [0.717, 1.165) is 11.3 Å². The number of esters is 1. The molecule has 2 aliphatic heterocycles. The van der Waals surface area contributed by atoms with Crippen molar-refractivity contribution in [1.29, 1.82) is 0 Å². The number of β-lactam (4-membered cyclic amide) rings is 1. The van der Waals surface area contributed by atoms with Crippen LogP contribution in [0.4, 0.5) is 9.93 Å². The van der Waals surface area contributed by atoms with E-state index < -0.39 is 47.7 Å². The minimum atomic E-state index is -1.30. The number of ether oxygens (including phenoxy) is 4. The van der Waals surface area contributed by atoms with Crippen molar-refractivity contribution in [2.24, 2.45) is 5.16 Å². The number of aromatic nitrogens is 1. The van der Waals surface area contributed by atoms with Crippen LogP contribution in [-0.4, -0.2) is 96.3 Å². The van der Waals surface area contributed by atoms with Crippen LogP contribution in [-0.2, 0) is 43.0 Å². The standard InChI is InChI=1S/C22H27N5O10S2/c1-10(2)35-22(32)37-11(3)36-20(31)16-12(6-33-4)7-38-19-15(18(30)27(16)19)25-17(29)14(26-34-5)13-8-39-21(24-13)23-9-28/h8-11,15,19H,6-7H2,1-5H3,(H,25,29)(H,23,24,28)/b26-14-/t11?,15?,19-/m0/s1. The lowest BCUT2D eigenvalue weighted by atomic mass is 10.0. The molecule has 0 aliphatic carbocycles. The van der Waals surface area contributed by atoms with Crippen molar-refractivity contribution in [2.75, 3.05) is 31.9 Å². The lowest BCUT2D eigenvalue weighted by Crippen LogP contribution is -2.71. The van der Waals surface area contributed by atoms with Crippen LogP contribution in [0, 0.1) is 0 Å². The van der Waals surface area contributed by atoms with Gasteiger partial charge in [-0.15, -0.1) is 23.1 Å². The second kappa shape index (κ2) is 13.4. The Morgan fingerprint density at radius 1 is 1.23 bits per heavy atom. The monoisotopic (exact) mass is 585 g/mol. The third-order valence-electron chi connectivity index (χ3n) is 5.04. The van der Waals surface area contributed by atoms with E-state index in [1.54, 1.807) is 13.8 Å². The summed E-state index contributed by atoms with van der Waals surface area (Å²) in [5, 5.41) is 9.77. The second-order valence-corrected chi connectivity index (χ2v) is 10.1. The van der Waals surface area contributed by atoms with Crippen LogP contribution in [0.15, 0.2) is 21.8 Å². The topological polar surface area (TPSA) is 184 Å². The first kappa shape index (κ1) is 29.9. The van der Waals surface area contributed by atoms with Gasteiger partial charge in [0, 0.05) is 25.2 Å². The van der Waals surface area contributed by atoms with Crippen molar-refractivity contribution in [3.63, 3.8) is 0 Å². The number of carbonyl (C=O) groups is 5. The van der Waals surface area contributed by atoms with Crippen LogP contribution in [0.2, 0.25) is 0 Å². The summed E-state index contributed by atoms with van der Waals surface area (Å²) >= 11 is 2.37. The predicted molar refractivity (Wildman–Crippen MR) is 138 cm³/mol. The van der Waals surface area contributed by atoms with Crippen molar-refractivity contribution < 1.29 is 47.8 Å². The lowest BCUT2D eigenvalue weighted by molar-refractivity contribution is -0.169. The molecule has 0 saturated carbocycles. The summed E-state index contributed by atoms with van der Waals surface area (Å²) in [5.41, 5.74) is 0.339.